The van der Waals surface area contributed by atoms with Crippen LogP contribution in [0.1, 0.15) is 116 Å². The lowest BCUT2D eigenvalue weighted by atomic mass is 9.77. The van der Waals surface area contributed by atoms with Crippen molar-refractivity contribution in [3.63, 3.8) is 0 Å². The molecule has 0 aromatic carbocycles. The van der Waals surface area contributed by atoms with Crippen molar-refractivity contribution < 1.29 is 28.5 Å². The zero-order valence-electron chi connectivity index (χ0n) is 25.4. The first-order chi connectivity index (χ1) is 19.5. The highest BCUT2D eigenvalue weighted by Gasteiger charge is 2.33. The average molecular weight is 561 g/mol. The normalized spacial score (nSPS) is 30.6. The maximum atomic E-state index is 12.6. The summed E-state index contributed by atoms with van der Waals surface area (Å²) in [5, 5.41) is 0. The SMILES string of the molecule is C=CCC1CCCCC1OC(CCC1CCC(CCC(OC2CCCCC2CC=C)C(=O)OC)CC1)C(=O)OC. The molecule has 0 heterocycles. The van der Waals surface area contributed by atoms with Gasteiger partial charge in [0.15, 0.2) is 12.2 Å². The Hall–Kier alpha value is -1.66. The van der Waals surface area contributed by atoms with E-state index in [9.17, 15) is 9.59 Å². The number of ether oxygens (including phenoxy) is 4. The molecule has 3 aliphatic rings. The van der Waals surface area contributed by atoms with Gasteiger partial charge in [0, 0.05) is 0 Å². The molecule has 0 N–H and O–H groups in total. The van der Waals surface area contributed by atoms with Crippen LogP contribution < -0.4 is 0 Å². The highest BCUT2D eigenvalue weighted by molar-refractivity contribution is 5.74. The molecule has 0 aromatic rings. The van der Waals surface area contributed by atoms with Crippen molar-refractivity contribution in [3.8, 4) is 0 Å². The first kappa shape index (κ1) is 32.8. The van der Waals surface area contributed by atoms with Crippen molar-refractivity contribution in [3.05, 3.63) is 25.3 Å². The number of methoxy groups -OCH3 is 2. The Morgan fingerprint density at radius 1 is 0.650 bits per heavy atom. The lowest BCUT2D eigenvalue weighted by Crippen LogP contribution is -2.36. The average Bonchev–Trinajstić information content (AvgIpc) is 2.99. The van der Waals surface area contributed by atoms with E-state index in [1.807, 2.05) is 12.2 Å². The maximum Gasteiger partial charge on any atom is 0.334 e. The summed E-state index contributed by atoms with van der Waals surface area (Å²) in [5.74, 6) is 1.65. The van der Waals surface area contributed by atoms with Gasteiger partial charge in [-0.15, -0.1) is 13.2 Å². The van der Waals surface area contributed by atoms with Gasteiger partial charge in [-0.05, 0) is 87.9 Å². The summed E-state index contributed by atoms with van der Waals surface area (Å²) >= 11 is 0. The molecule has 0 radical (unpaired) electrons. The fraction of sp³-hybridized carbons (Fsp3) is 0.824. The van der Waals surface area contributed by atoms with Crippen molar-refractivity contribution in [2.45, 2.75) is 140 Å². The Morgan fingerprint density at radius 3 is 1.38 bits per heavy atom. The van der Waals surface area contributed by atoms with Gasteiger partial charge in [0.05, 0.1) is 26.4 Å². The maximum absolute atomic E-state index is 12.6. The molecule has 6 atom stereocenters. The van der Waals surface area contributed by atoms with E-state index < -0.39 is 12.2 Å². The third-order valence-corrected chi connectivity index (χ3v) is 9.86. The second kappa shape index (κ2) is 18.0. The summed E-state index contributed by atoms with van der Waals surface area (Å²) in [6, 6.07) is 0. The molecule has 3 aliphatic carbocycles. The number of rotatable bonds is 16. The molecule has 3 saturated carbocycles. The predicted octanol–water partition coefficient (Wildman–Crippen LogP) is 7.74. The molecule has 0 bridgehead atoms. The van der Waals surface area contributed by atoms with Crippen molar-refractivity contribution >= 4 is 11.9 Å². The van der Waals surface area contributed by atoms with Crippen LogP contribution in [0.2, 0.25) is 0 Å². The summed E-state index contributed by atoms with van der Waals surface area (Å²) in [7, 11) is 2.93. The van der Waals surface area contributed by atoms with Crippen molar-refractivity contribution in [2.24, 2.45) is 23.7 Å². The third kappa shape index (κ3) is 10.3. The van der Waals surface area contributed by atoms with Gasteiger partial charge >= 0.3 is 11.9 Å². The van der Waals surface area contributed by atoms with Crippen LogP contribution >= 0.6 is 0 Å². The predicted molar refractivity (Wildman–Crippen MR) is 159 cm³/mol. The molecule has 0 aromatic heterocycles. The van der Waals surface area contributed by atoms with E-state index >= 15 is 0 Å². The number of carbonyl (C=O) groups is 2. The minimum Gasteiger partial charge on any atom is -0.467 e. The van der Waals surface area contributed by atoms with Gasteiger partial charge in [-0.1, -0.05) is 63.5 Å². The molecule has 0 spiro atoms. The number of esters is 2. The smallest absolute Gasteiger partial charge is 0.334 e. The molecule has 6 nitrogen and oxygen atoms in total. The first-order valence-electron chi connectivity index (χ1n) is 16.2. The van der Waals surface area contributed by atoms with E-state index in [4.69, 9.17) is 18.9 Å². The molecule has 6 unspecified atom stereocenters. The van der Waals surface area contributed by atoms with Crippen molar-refractivity contribution in [1.29, 1.82) is 0 Å². The summed E-state index contributed by atoms with van der Waals surface area (Å²) < 4.78 is 23.1. The highest BCUT2D eigenvalue weighted by Crippen LogP contribution is 2.37. The van der Waals surface area contributed by atoms with E-state index in [0.29, 0.717) is 23.7 Å². The van der Waals surface area contributed by atoms with Gasteiger partial charge in [0.2, 0.25) is 0 Å². The minimum atomic E-state index is -0.471. The summed E-state index contributed by atoms with van der Waals surface area (Å²) in [4.78, 5) is 25.2. The quantitative estimate of drug-likeness (QED) is 0.142. The zero-order chi connectivity index (χ0) is 28.7. The van der Waals surface area contributed by atoms with E-state index in [2.05, 4.69) is 13.2 Å². The van der Waals surface area contributed by atoms with Crippen LogP contribution in [0.15, 0.2) is 25.3 Å². The van der Waals surface area contributed by atoms with Crippen LogP contribution in [0.5, 0.6) is 0 Å². The lowest BCUT2D eigenvalue weighted by Gasteiger charge is -2.35. The molecule has 0 saturated heterocycles. The van der Waals surface area contributed by atoms with Gasteiger partial charge in [0.1, 0.15) is 0 Å². The Morgan fingerprint density at radius 2 is 1.02 bits per heavy atom. The fourth-order valence-corrected chi connectivity index (χ4v) is 7.42. The van der Waals surface area contributed by atoms with Crippen molar-refractivity contribution in [2.75, 3.05) is 14.2 Å². The number of hydrogen-bond acceptors (Lipinski definition) is 6. The topological polar surface area (TPSA) is 71.1 Å². The van der Waals surface area contributed by atoms with Crippen LogP contribution in [0, 0.1) is 23.7 Å². The minimum absolute atomic E-state index is 0.122. The van der Waals surface area contributed by atoms with Crippen LogP contribution in [0.4, 0.5) is 0 Å². The largest absolute Gasteiger partial charge is 0.467 e. The van der Waals surface area contributed by atoms with E-state index in [1.54, 1.807) is 0 Å². The van der Waals surface area contributed by atoms with Gasteiger partial charge in [-0.3, -0.25) is 0 Å². The molecular formula is C34H56O6. The summed E-state index contributed by atoms with van der Waals surface area (Å²) in [6.45, 7) is 7.83. The van der Waals surface area contributed by atoms with E-state index in [1.165, 1.54) is 27.1 Å². The Bertz CT molecular complexity index is 708. The van der Waals surface area contributed by atoms with Crippen LogP contribution in [0.25, 0.3) is 0 Å². The van der Waals surface area contributed by atoms with Gasteiger partial charge in [-0.25, -0.2) is 9.59 Å². The molecular weight excluding hydrogens is 504 g/mol. The van der Waals surface area contributed by atoms with Gasteiger partial charge < -0.3 is 18.9 Å². The van der Waals surface area contributed by atoms with E-state index in [0.717, 1.165) is 103 Å². The van der Waals surface area contributed by atoms with Crippen LogP contribution in [-0.2, 0) is 28.5 Å². The van der Waals surface area contributed by atoms with Gasteiger partial charge in [-0.2, -0.15) is 0 Å². The molecule has 3 rings (SSSR count). The summed E-state index contributed by atoms with van der Waals surface area (Å²) in [5.41, 5.74) is 0. The van der Waals surface area contributed by atoms with E-state index in [-0.39, 0.29) is 24.1 Å². The second-order valence-corrected chi connectivity index (χ2v) is 12.6. The molecule has 0 aliphatic heterocycles. The fourth-order valence-electron chi connectivity index (χ4n) is 7.42. The standard InChI is InChI=1S/C34H56O6/c1-5-11-27-13-7-9-15-29(27)39-31(33(35)37-3)23-21-25-17-19-26(20-18-25)22-24-32(34(36)38-4)40-30-16-10-8-14-28(30)12-6-2/h5-6,25-32H,1-2,7-24H2,3-4H3. The highest BCUT2D eigenvalue weighted by atomic mass is 16.6. The Balaban J connectivity index is 1.44. The van der Waals surface area contributed by atoms with Gasteiger partial charge in [0.25, 0.3) is 0 Å². The Labute approximate surface area is 243 Å². The second-order valence-electron chi connectivity index (χ2n) is 12.6. The zero-order valence-corrected chi connectivity index (χ0v) is 25.4. The molecule has 6 heteroatoms. The van der Waals surface area contributed by atoms with Crippen LogP contribution in [-0.4, -0.2) is 50.6 Å². The van der Waals surface area contributed by atoms with Crippen LogP contribution in [0.3, 0.4) is 0 Å². The summed E-state index contributed by atoms with van der Waals surface area (Å²) in [6.07, 6.45) is 22.3. The lowest BCUT2D eigenvalue weighted by molar-refractivity contribution is -0.163. The third-order valence-electron chi connectivity index (χ3n) is 9.86. The number of hydrogen-bond donors (Lipinski definition) is 0. The number of allylic oxidation sites excluding steroid dienone is 2. The Kier molecular flexibility index (Phi) is 14.8. The molecule has 3 fully saturated rings. The number of carbonyl (C=O) groups excluding carboxylic acids is 2. The molecule has 228 valence electrons. The molecule has 0 amide bonds. The van der Waals surface area contributed by atoms with Crippen molar-refractivity contribution in [1.82, 2.24) is 0 Å². The monoisotopic (exact) mass is 560 g/mol. The molecule has 40 heavy (non-hydrogen) atoms. The first-order valence-corrected chi connectivity index (χ1v) is 16.2.